The minimum Gasteiger partial charge on any atom is -0.392 e. The van der Waals surface area contributed by atoms with Crippen molar-refractivity contribution in [3.8, 4) is 0 Å². The van der Waals surface area contributed by atoms with E-state index in [0.717, 1.165) is 39.9 Å². The number of unbranched alkanes of at least 4 members (excludes halogenated alkanes) is 1. The van der Waals surface area contributed by atoms with Crippen LogP contribution in [0.2, 0.25) is 0 Å². The van der Waals surface area contributed by atoms with E-state index < -0.39 is 0 Å². The summed E-state index contributed by atoms with van der Waals surface area (Å²) in [5.74, 6) is -0.490. The maximum Gasteiger partial charge on any atom is 0.272 e. The summed E-state index contributed by atoms with van der Waals surface area (Å²) in [6.07, 6.45) is 1.79. The zero-order valence-electron chi connectivity index (χ0n) is 20.0. The molecule has 8 heteroatoms. The van der Waals surface area contributed by atoms with Crippen molar-refractivity contribution in [1.82, 2.24) is 10.4 Å². The Morgan fingerprint density at radius 1 is 0.917 bits per heavy atom. The molecule has 8 nitrogen and oxygen atoms in total. The predicted octanol–water partition coefficient (Wildman–Crippen LogP) is 3.76. The minimum atomic E-state index is -0.267. The largest absolute Gasteiger partial charge is 0.392 e. The maximum atomic E-state index is 12.6. The minimum absolute atomic E-state index is 0.0347. The second-order valence-corrected chi connectivity index (χ2v) is 8.74. The highest BCUT2D eigenvalue weighted by Crippen LogP contribution is 2.23. The van der Waals surface area contributed by atoms with Crippen LogP contribution in [-0.2, 0) is 35.8 Å². The van der Waals surface area contributed by atoms with Gasteiger partial charge in [0.05, 0.1) is 13.2 Å². The third-order valence-electron chi connectivity index (χ3n) is 6.01. The van der Waals surface area contributed by atoms with Gasteiger partial charge in [-0.1, -0.05) is 36.4 Å². The molecule has 2 amide bonds. The fraction of sp³-hybridized carbons (Fsp3) is 0.250. The van der Waals surface area contributed by atoms with Gasteiger partial charge in [0.25, 0.3) is 5.91 Å². The van der Waals surface area contributed by atoms with E-state index in [0.29, 0.717) is 38.0 Å². The van der Waals surface area contributed by atoms with Crippen molar-refractivity contribution in [1.29, 1.82) is 0 Å². The Morgan fingerprint density at radius 3 is 2.25 bits per heavy atom. The molecule has 0 aromatic heterocycles. The lowest BCUT2D eigenvalue weighted by molar-refractivity contribution is -0.125. The predicted molar refractivity (Wildman–Crippen MR) is 138 cm³/mol. The van der Waals surface area contributed by atoms with Gasteiger partial charge >= 0.3 is 0 Å². The summed E-state index contributed by atoms with van der Waals surface area (Å²) in [5, 5.41) is 17.4. The molecule has 36 heavy (non-hydrogen) atoms. The van der Waals surface area contributed by atoms with E-state index in [4.69, 9.17) is 0 Å². The Kier molecular flexibility index (Phi) is 8.31. The Labute approximate surface area is 210 Å². The summed E-state index contributed by atoms with van der Waals surface area (Å²) >= 11 is 0. The monoisotopic (exact) mass is 486 g/mol. The average Bonchev–Trinajstić information content (AvgIpc) is 3.21. The van der Waals surface area contributed by atoms with Gasteiger partial charge in [0.2, 0.25) is 5.91 Å². The van der Waals surface area contributed by atoms with Crippen LogP contribution in [0.15, 0.2) is 66.7 Å². The Balaban J connectivity index is 1.27. The molecule has 1 aliphatic heterocycles. The maximum absolute atomic E-state index is 12.6. The van der Waals surface area contributed by atoms with Gasteiger partial charge in [-0.15, -0.1) is 0 Å². The Bertz CT molecular complexity index is 1230. The van der Waals surface area contributed by atoms with Crippen LogP contribution in [0, 0.1) is 0 Å². The summed E-state index contributed by atoms with van der Waals surface area (Å²) in [7, 11) is 0. The van der Waals surface area contributed by atoms with Crippen LogP contribution in [-0.4, -0.2) is 28.2 Å². The van der Waals surface area contributed by atoms with Crippen molar-refractivity contribution in [2.75, 3.05) is 10.6 Å². The first-order valence-electron chi connectivity index (χ1n) is 12.0. The summed E-state index contributed by atoms with van der Waals surface area (Å²) in [6, 6.07) is 21.6. The number of carbonyl (C=O) groups is 3. The van der Waals surface area contributed by atoms with E-state index in [2.05, 4.69) is 16.1 Å². The number of rotatable bonds is 12. The van der Waals surface area contributed by atoms with Crippen LogP contribution in [0.1, 0.15) is 51.9 Å². The molecule has 0 bridgehead atoms. The number of anilines is 2. The zero-order chi connectivity index (χ0) is 25.3. The standard InChI is InChI=1S/C28H30N4O4/c33-13-2-1-6-27(35)31-32-18-23-15-21(7-12-26(23)28(32)36)17-30-25-10-8-24(9-11-25)29-16-20-4-3-5-22(14-20)19-34/h3-5,7-15,29-30,34H,1-2,6,16-19H2,(H,31,35). The normalized spacial score (nSPS) is 12.2. The van der Waals surface area contributed by atoms with Crippen LogP contribution in [0.3, 0.4) is 0 Å². The van der Waals surface area contributed by atoms with E-state index >= 15 is 0 Å². The molecule has 186 valence electrons. The molecule has 0 fully saturated rings. The number of carbonyl (C=O) groups excluding carboxylic acids is 3. The highest BCUT2D eigenvalue weighted by Gasteiger charge is 2.28. The number of fused-ring (bicyclic) bond motifs is 1. The number of aliphatic hydroxyl groups is 1. The van der Waals surface area contributed by atoms with Gasteiger partial charge in [-0.3, -0.25) is 15.0 Å². The number of nitrogens with one attached hydrogen (secondary N) is 3. The van der Waals surface area contributed by atoms with Gasteiger partial charge in [-0.05, 0) is 59.0 Å². The molecule has 3 aromatic carbocycles. The molecule has 1 heterocycles. The lowest BCUT2D eigenvalue weighted by Crippen LogP contribution is -2.42. The van der Waals surface area contributed by atoms with Crippen LogP contribution in [0.4, 0.5) is 11.4 Å². The van der Waals surface area contributed by atoms with Gasteiger partial charge in [-0.25, -0.2) is 5.01 Å². The fourth-order valence-electron chi connectivity index (χ4n) is 4.08. The van der Waals surface area contributed by atoms with Gasteiger partial charge in [-0.2, -0.15) is 0 Å². The van der Waals surface area contributed by atoms with E-state index in [1.807, 2.05) is 60.7 Å². The van der Waals surface area contributed by atoms with Crippen LogP contribution >= 0.6 is 0 Å². The number of hydrogen-bond acceptors (Lipinski definition) is 6. The molecule has 0 atom stereocenters. The van der Waals surface area contributed by atoms with Gasteiger partial charge in [0, 0.05) is 42.9 Å². The van der Waals surface area contributed by atoms with Crippen LogP contribution < -0.4 is 16.1 Å². The van der Waals surface area contributed by atoms with E-state index in [9.17, 15) is 19.5 Å². The van der Waals surface area contributed by atoms with Crippen molar-refractivity contribution in [3.63, 3.8) is 0 Å². The van der Waals surface area contributed by atoms with Crippen LogP contribution in [0.5, 0.6) is 0 Å². The lowest BCUT2D eigenvalue weighted by atomic mass is 10.1. The number of aldehydes is 1. The highest BCUT2D eigenvalue weighted by atomic mass is 16.3. The molecular weight excluding hydrogens is 456 g/mol. The van der Waals surface area contributed by atoms with Gasteiger partial charge in [0.1, 0.15) is 6.29 Å². The summed E-state index contributed by atoms with van der Waals surface area (Å²) < 4.78 is 0. The molecule has 4 rings (SSSR count). The van der Waals surface area contributed by atoms with E-state index in [1.54, 1.807) is 6.07 Å². The quantitative estimate of drug-likeness (QED) is 0.229. The molecule has 0 unspecified atom stereocenters. The van der Waals surface area contributed by atoms with Crippen molar-refractivity contribution in [3.05, 3.63) is 94.5 Å². The number of aliphatic hydroxyl groups excluding tert-OH is 1. The van der Waals surface area contributed by atoms with Gasteiger partial charge < -0.3 is 20.5 Å². The Morgan fingerprint density at radius 2 is 1.58 bits per heavy atom. The molecule has 0 saturated carbocycles. The van der Waals surface area contributed by atoms with Crippen molar-refractivity contribution in [2.24, 2.45) is 0 Å². The van der Waals surface area contributed by atoms with Crippen molar-refractivity contribution >= 4 is 29.5 Å². The molecule has 0 saturated heterocycles. The van der Waals surface area contributed by atoms with Crippen molar-refractivity contribution in [2.45, 2.75) is 45.5 Å². The molecule has 0 radical (unpaired) electrons. The fourth-order valence-corrected chi connectivity index (χ4v) is 4.08. The first-order chi connectivity index (χ1) is 17.6. The SMILES string of the molecule is O=CCCCC(=O)NN1Cc2cc(CNc3ccc(NCc4cccc(CO)c4)cc3)ccc2C1=O. The Hall–Kier alpha value is -4.17. The third-order valence-corrected chi connectivity index (χ3v) is 6.01. The molecular formula is C28H30N4O4. The number of hydrazine groups is 1. The molecule has 0 spiro atoms. The number of nitrogens with zero attached hydrogens (tertiary/aromatic N) is 1. The van der Waals surface area contributed by atoms with E-state index in [-0.39, 0.29) is 24.8 Å². The molecule has 1 aliphatic rings. The first kappa shape index (κ1) is 24.9. The van der Waals surface area contributed by atoms with Crippen LogP contribution in [0.25, 0.3) is 0 Å². The molecule has 4 N–H and O–H groups in total. The average molecular weight is 487 g/mol. The number of hydrogen-bond donors (Lipinski definition) is 4. The second-order valence-electron chi connectivity index (χ2n) is 8.74. The molecule has 0 aliphatic carbocycles. The second kappa shape index (κ2) is 12.0. The third kappa shape index (κ3) is 6.49. The van der Waals surface area contributed by atoms with Crippen molar-refractivity contribution < 1.29 is 19.5 Å². The summed E-state index contributed by atoms with van der Waals surface area (Å²) in [6.45, 7) is 1.63. The number of amides is 2. The smallest absolute Gasteiger partial charge is 0.272 e. The number of benzene rings is 3. The highest BCUT2D eigenvalue weighted by molar-refractivity contribution is 5.99. The summed E-state index contributed by atoms with van der Waals surface area (Å²) in [5.41, 5.74) is 9.11. The summed E-state index contributed by atoms with van der Waals surface area (Å²) in [4.78, 5) is 35.0. The first-order valence-corrected chi connectivity index (χ1v) is 12.0. The zero-order valence-corrected chi connectivity index (χ0v) is 20.0. The molecule has 3 aromatic rings. The van der Waals surface area contributed by atoms with Gasteiger partial charge in [0.15, 0.2) is 0 Å². The van der Waals surface area contributed by atoms with E-state index in [1.165, 1.54) is 5.01 Å². The topological polar surface area (TPSA) is 111 Å². The lowest BCUT2D eigenvalue weighted by Gasteiger charge is -2.16.